The lowest BCUT2D eigenvalue weighted by Crippen LogP contribution is -2.13. The highest BCUT2D eigenvalue weighted by Gasteiger charge is 2.01. The minimum atomic E-state index is -0.256. The van der Waals surface area contributed by atoms with E-state index in [1.54, 1.807) is 0 Å². The third-order valence-corrected chi connectivity index (χ3v) is 2.52. The molecule has 0 saturated heterocycles. The van der Waals surface area contributed by atoms with Crippen molar-refractivity contribution in [1.82, 2.24) is 0 Å². The molecule has 100 valence electrons. The van der Waals surface area contributed by atoms with Crippen molar-refractivity contribution >= 4 is 11.8 Å². The first-order valence-electron chi connectivity index (χ1n) is 6.36. The number of anilines is 1. The predicted octanol–water partition coefficient (Wildman–Crippen LogP) is 3.16. The summed E-state index contributed by atoms with van der Waals surface area (Å²) in [6.45, 7) is 5.22. The smallest absolute Gasteiger partial charge is 0.177 e. The number of nitrogens with zero attached hydrogens (tertiary/aromatic N) is 1. The quantitative estimate of drug-likeness (QED) is 0.693. The summed E-state index contributed by atoms with van der Waals surface area (Å²) in [6.07, 6.45) is 3.71. The van der Waals surface area contributed by atoms with Gasteiger partial charge in [0, 0.05) is 33.0 Å². The molecular formula is C15H23NO2. The van der Waals surface area contributed by atoms with Gasteiger partial charge in [-0.2, -0.15) is 0 Å². The van der Waals surface area contributed by atoms with Crippen molar-refractivity contribution in [2.45, 2.75) is 20.1 Å². The van der Waals surface area contributed by atoms with Crippen LogP contribution < -0.4 is 4.90 Å². The summed E-state index contributed by atoms with van der Waals surface area (Å²) in [5.74, 6) is 0. The van der Waals surface area contributed by atoms with E-state index in [1.807, 2.05) is 40.1 Å². The van der Waals surface area contributed by atoms with Gasteiger partial charge >= 0.3 is 0 Å². The van der Waals surface area contributed by atoms with Gasteiger partial charge in [0.25, 0.3) is 0 Å². The zero-order chi connectivity index (χ0) is 13.4. The zero-order valence-corrected chi connectivity index (χ0v) is 11.7. The Bertz CT molecular complexity index is 351. The molecule has 1 aromatic carbocycles. The Morgan fingerprint density at radius 2 is 1.61 bits per heavy atom. The maximum atomic E-state index is 5.45. The molecule has 0 aliphatic carbocycles. The highest BCUT2D eigenvalue weighted by molar-refractivity contribution is 5.55. The first kappa shape index (κ1) is 14.7. The Morgan fingerprint density at radius 1 is 1.06 bits per heavy atom. The van der Waals surface area contributed by atoms with Gasteiger partial charge in [-0.3, -0.25) is 0 Å². The molecule has 0 N–H and O–H groups in total. The summed E-state index contributed by atoms with van der Waals surface area (Å²) in [5.41, 5.74) is 2.34. The largest absolute Gasteiger partial charge is 0.378 e. The predicted molar refractivity (Wildman–Crippen MR) is 76.8 cm³/mol. The van der Waals surface area contributed by atoms with E-state index in [-0.39, 0.29) is 6.29 Å². The van der Waals surface area contributed by atoms with Gasteiger partial charge in [-0.15, -0.1) is 0 Å². The molecule has 3 nitrogen and oxygen atoms in total. The third-order valence-electron chi connectivity index (χ3n) is 2.52. The lowest BCUT2D eigenvalue weighted by atomic mass is 10.2. The van der Waals surface area contributed by atoms with Crippen molar-refractivity contribution in [1.29, 1.82) is 0 Å². The van der Waals surface area contributed by atoms with Crippen LogP contribution in [0.3, 0.4) is 0 Å². The van der Waals surface area contributed by atoms with Gasteiger partial charge in [-0.1, -0.05) is 18.2 Å². The monoisotopic (exact) mass is 249 g/mol. The molecule has 0 spiro atoms. The van der Waals surface area contributed by atoms with Crippen molar-refractivity contribution in [3.05, 3.63) is 35.9 Å². The molecule has 18 heavy (non-hydrogen) atoms. The maximum absolute atomic E-state index is 5.45. The van der Waals surface area contributed by atoms with Crippen LogP contribution in [-0.2, 0) is 9.47 Å². The van der Waals surface area contributed by atoms with Gasteiger partial charge in [0.2, 0.25) is 0 Å². The molecule has 0 aliphatic heterocycles. The fourth-order valence-corrected chi connectivity index (χ4v) is 1.56. The molecule has 1 rings (SSSR count). The normalized spacial score (nSPS) is 11.4. The molecule has 0 saturated carbocycles. The second kappa shape index (κ2) is 7.90. The second-order valence-electron chi connectivity index (χ2n) is 4.12. The van der Waals surface area contributed by atoms with Crippen LogP contribution in [0.25, 0.3) is 6.08 Å². The van der Waals surface area contributed by atoms with E-state index in [2.05, 4.69) is 29.2 Å². The summed E-state index contributed by atoms with van der Waals surface area (Å²) in [4.78, 5) is 2.08. The van der Waals surface area contributed by atoms with Crippen molar-refractivity contribution in [3.8, 4) is 0 Å². The van der Waals surface area contributed by atoms with E-state index in [4.69, 9.17) is 9.47 Å². The van der Waals surface area contributed by atoms with E-state index < -0.39 is 0 Å². The van der Waals surface area contributed by atoms with Crippen LogP contribution in [0.2, 0.25) is 0 Å². The molecule has 0 atom stereocenters. The van der Waals surface area contributed by atoms with Crippen LogP contribution in [0.4, 0.5) is 5.69 Å². The Balaban J connectivity index is 2.64. The van der Waals surface area contributed by atoms with E-state index in [0.29, 0.717) is 13.2 Å². The third kappa shape index (κ3) is 4.90. The fraction of sp³-hybridized carbons (Fsp3) is 0.467. The lowest BCUT2D eigenvalue weighted by molar-refractivity contribution is -0.103. The van der Waals surface area contributed by atoms with Crippen molar-refractivity contribution < 1.29 is 9.47 Å². The number of ether oxygens (including phenoxy) is 2. The zero-order valence-electron chi connectivity index (χ0n) is 11.7. The molecule has 0 fully saturated rings. The molecule has 0 bridgehead atoms. The van der Waals surface area contributed by atoms with Crippen molar-refractivity contribution in [2.75, 3.05) is 32.2 Å². The standard InChI is InChI=1S/C15H23NO2/c1-5-17-15(18-6-2)12-9-13-7-10-14(11-8-13)16(3)4/h7-12,15H,5-6H2,1-4H3. The lowest BCUT2D eigenvalue weighted by Gasteiger charge is -2.13. The van der Waals surface area contributed by atoms with Gasteiger partial charge in [-0.05, 0) is 37.6 Å². The van der Waals surface area contributed by atoms with Crippen LogP contribution in [-0.4, -0.2) is 33.6 Å². The van der Waals surface area contributed by atoms with Crippen LogP contribution >= 0.6 is 0 Å². The second-order valence-corrected chi connectivity index (χ2v) is 4.12. The summed E-state index contributed by atoms with van der Waals surface area (Å²) in [7, 11) is 4.07. The van der Waals surface area contributed by atoms with Gasteiger partial charge in [0.15, 0.2) is 6.29 Å². The van der Waals surface area contributed by atoms with Crippen LogP contribution in [0, 0.1) is 0 Å². The Labute approximate surface area is 110 Å². The molecule has 0 aromatic heterocycles. The Kier molecular flexibility index (Phi) is 6.47. The molecule has 0 radical (unpaired) electrons. The van der Waals surface area contributed by atoms with E-state index in [1.165, 1.54) is 5.69 Å². The minimum absolute atomic E-state index is 0.256. The first-order chi connectivity index (χ1) is 8.67. The van der Waals surface area contributed by atoms with Crippen molar-refractivity contribution in [3.63, 3.8) is 0 Å². The van der Waals surface area contributed by atoms with Gasteiger partial charge < -0.3 is 14.4 Å². The first-order valence-corrected chi connectivity index (χ1v) is 6.36. The summed E-state index contributed by atoms with van der Waals surface area (Å²) in [5, 5.41) is 0. The molecule has 0 aliphatic rings. The molecule has 0 unspecified atom stereocenters. The average molecular weight is 249 g/mol. The highest BCUT2D eigenvalue weighted by atomic mass is 16.7. The molecule has 1 aromatic rings. The minimum Gasteiger partial charge on any atom is -0.378 e. The number of benzene rings is 1. The van der Waals surface area contributed by atoms with Crippen LogP contribution in [0.1, 0.15) is 19.4 Å². The summed E-state index contributed by atoms with van der Waals surface area (Å²) < 4.78 is 10.9. The van der Waals surface area contributed by atoms with E-state index in [9.17, 15) is 0 Å². The number of hydrogen-bond acceptors (Lipinski definition) is 3. The van der Waals surface area contributed by atoms with Gasteiger partial charge in [-0.25, -0.2) is 0 Å². The van der Waals surface area contributed by atoms with E-state index in [0.717, 1.165) is 5.56 Å². The SMILES string of the molecule is CCOC(C=Cc1ccc(N(C)C)cc1)OCC. The van der Waals surface area contributed by atoms with Crippen LogP contribution in [0.15, 0.2) is 30.3 Å². The summed E-state index contributed by atoms with van der Waals surface area (Å²) in [6, 6.07) is 8.35. The molecule has 3 heteroatoms. The highest BCUT2D eigenvalue weighted by Crippen LogP contribution is 2.13. The molecular weight excluding hydrogens is 226 g/mol. The van der Waals surface area contributed by atoms with Gasteiger partial charge in [0.05, 0.1) is 0 Å². The fourth-order valence-electron chi connectivity index (χ4n) is 1.56. The van der Waals surface area contributed by atoms with Crippen LogP contribution in [0.5, 0.6) is 0 Å². The van der Waals surface area contributed by atoms with E-state index >= 15 is 0 Å². The Morgan fingerprint density at radius 3 is 2.06 bits per heavy atom. The number of rotatable bonds is 7. The maximum Gasteiger partial charge on any atom is 0.177 e. The molecule has 0 heterocycles. The van der Waals surface area contributed by atoms with Crippen molar-refractivity contribution in [2.24, 2.45) is 0 Å². The number of hydrogen-bond donors (Lipinski definition) is 0. The Hall–Kier alpha value is -1.32. The summed E-state index contributed by atoms with van der Waals surface area (Å²) >= 11 is 0. The average Bonchev–Trinajstić information content (AvgIpc) is 2.37. The van der Waals surface area contributed by atoms with Gasteiger partial charge in [0.1, 0.15) is 0 Å². The molecule has 0 amide bonds. The topological polar surface area (TPSA) is 21.7 Å².